The summed E-state index contributed by atoms with van der Waals surface area (Å²) in [6.45, 7) is 2.52. The molecule has 0 aliphatic rings. The number of nitriles is 1. The molecule has 1 aromatic heterocycles. The van der Waals surface area contributed by atoms with E-state index in [4.69, 9.17) is 11.0 Å². The van der Waals surface area contributed by atoms with E-state index in [-0.39, 0.29) is 11.3 Å². The molecular weight excluding hydrogens is 374 g/mol. The summed E-state index contributed by atoms with van der Waals surface area (Å²) >= 11 is 1.42. The van der Waals surface area contributed by atoms with E-state index in [0.29, 0.717) is 28.2 Å². The summed E-state index contributed by atoms with van der Waals surface area (Å²) in [6, 6.07) is 13.8. The number of carbonyl (C=O) groups excluding carboxylic acids is 1. The minimum Gasteiger partial charge on any atom is -0.507 e. The highest BCUT2D eigenvalue weighted by Crippen LogP contribution is 2.26. The van der Waals surface area contributed by atoms with Crippen molar-refractivity contribution in [2.45, 2.75) is 6.92 Å². The average Bonchev–Trinajstić information content (AvgIpc) is 3.10. The fourth-order valence-electron chi connectivity index (χ4n) is 2.51. The molecule has 0 saturated carbocycles. The molecular formula is C20H17N5O2S. The molecule has 7 nitrogen and oxygen atoms in total. The zero-order valence-corrected chi connectivity index (χ0v) is 15.8. The SMILES string of the molecule is CCN=c1scc(-c2ccc(O)c(C(N)=O)c2)n1N=Cc1ccc(C#N)cc1. The minimum atomic E-state index is -0.708. The fourth-order valence-corrected chi connectivity index (χ4v) is 3.42. The Morgan fingerprint density at radius 2 is 2.07 bits per heavy atom. The molecule has 0 saturated heterocycles. The Morgan fingerprint density at radius 1 is 1.32 bits per heavy atom. The third kappa shape index (κ3) is 4.00. The van der Waals surface area contributed by atoms with Crippen LogP contribution in [0.1, 0.15) is 28.4 Å². The zero-order valence-electron chi connectivity index (χ0n) is 15.0. The van der Waals surface area contributed by atoms with Gasteiger partial charge in [-0.3, -0.25) is 9.79 Å². The summed E-state index contributed by atoms with van der Waals surface area (Å²) < 4.78 is 1.67. The van der Waals surface area contributed by atoms with Crippen LogP contribution >= 0.6 is 11.3 Å². The molecule has 28 heavy (non-hydrogen) atoms. The van der Waals surface area contributed by atoms with Gasteiger partial charge in [-0.2, -0.15) is 10.4 Å². The molecule has 0 unspecified atom stereocenters. The van der Waals surface area contributed by atoms with Crippen molar-refractivity contribution in [3.05, 3.63) is 69.3 Å². The number of rotatable bonds is 5. The summed E-state index contributed by atoms with van der Waals surface area (Å²) in [5.74, 6) is -0.877. The summed E-state index contributed by atoms with van der Waals surface area (Å²) in [4.78, 5) is 16.7. The molecule has 140 valence electrons. The topological polar surface area (TPSA) is 117 Å². The van der Waals surface area contributed by atoms with E-state index < -0.39 is 5.91 Å². The van der Waals surface area contributed by atoms with Crippen molar-refractivity contribution in [2.24, 2.45) is 15.8 Å². The number of nitrogens with zero attached hydrogens (tertiary/aromatic N) is 4. The van der Waals surface area contributed by atoms with Crippen LogP contribution in [-0.2, 0) is 0 Å². The van der Waals surface area contributed by atoms with E-state index in [0.717, 1.165) is 5.56 Å². The first kappa shape index (κ1) is 19.1. The maximum absolute atomic E-state index is 11.5. The number of primary amides is 1. The van der Waals surface area contributed by atoms with Gasteiger partial charge in [-0.15, -0.1) is 11.3 Å². The Balaban J connectivity index is 2.08. The van der Waals surface area contributed by atoms with Crippen LogP contribution in [0.2, 0.25) is 0 Å². The van der Waals surface area contributed by atoms with Gasteiger partial charge in [0.1, 0.15) is 5.75 Å². The summed E-state index contributed by atoms with van der Waals surface area (Å²) in [5.41, 5.74) is 8.17. The molecule has 3 N–H and O–H groups in total. The van der Waals surface area contributed by atoms with E-state index in [9.17, 15) is 9.90 Å². The number of phenols is 1. The number of benzene rings is 2. The van der Waals surface area contributed by atoms with Gasteiger partial charge in [-0.05, 0) is 42.8 Å². The molecule has 1 heterocycles. The van der Waals surface area contributed by atoms with Gasteiger partial charge < -0.3 is 10.8 Å². The summed E-state index contributed by atoms with van der Waals surface area (Å²) in [6.07, 6.45) is 1.67. The second kappa shape index (κ2) is 8.33. The second-order valence-corrected chi connectivity index (χ2v) is 6.60. The molecule has 0 bridgehead atoms. The molecule has 8 heteroatoms. The van der Waals surface area contributed by atoms with Gasteiger partial charge in [0.2, 0.25) is 4.80 Å². The number of hydrogen-bond donors (Lipinski definition) is 2. The first-order valence-electron chi connectivity index (χ1n) is 8.42. The van der Waals surface area contributed by atoms with Crippen molar-refractivity contribution in [1.82, 2.24) is 4.68 Å². The van der Waals surface area contributed by atoms with Crippen LogP contribution in [0.5, 0.6) is 5.75 Å². The van der Waals surface area contributed by atoms with Gasteiger partial charge in [0.05, 0.1) is 29.1 Å². The van der Waals surface area contributed by atoms with Gasteiger partial charge in [0.25, 0.3) is 5.91 Å². The first-order chi connectivity index (χ1) is 13.5. The highest BCUT2D eigenvalue weighted by molar-refractivity contribution is 7.07. The van der Waals surface area contributed by atoms with Crippen LogP contribution in [0.3, 0.4) is 0 Å². The van der Waals surface area contributed by atoms with Crippen molar-refractivity contribution in [3.63, 3.8) is 0 Å². The van der Waals surface area contributed by atoms with Crippen LogP contribution in [0.25, 0.3) is 11.3 Å². The number of aromatic hydroxyl groups is 1. The van der Waals surface area contributed by atoms with E-state index in [2.05, 4.69) is 16.2 Å². The Labute approximate surface area is 165 Å². The maximum Gasteiger partial charge on any atom is 0.252 e. The van der Waals surface area contributed by atoms with Crippen LogP contribution in [-0.4, -0.2) is 28.4 Å². The average molecular weight is 391 g/mol. The number of thiazole rings is 1. The standard InChI is InChI=1S/C20H17N5O2S/c1-2-23-20-25(24-11-14-5-3-13(10-21)4-6-14)17(12-28-20)15-7-8-18(26)16(9-15)19(22)27/h3-9,11-12,26H,2H2,1H3,(H2,22,27). The second-order valence-electron chi connectivity index (χ2n) is 5.76. The van der Waals surface area contributed by atoms with E-state index >= 15 is 0 Å². The molecule has 3 aromatic rings. The molecule has 0 atom stereocenters. The van der Waals surface area contributed by atoms with Crippen molar-refractivity contribution in [3.8, 4) is 23.1 Å². The van der Waals surface area contributed by atoms with Crippen LogP contribution < -0.4 is 10.5 Å². The van der Waals surface area contributed by atoms with Crippen molar-refractivity contribution >= 4 is 23.5 Å². The van der Waals surface area contributed by atoms with E-state index in [1.807, 2.05) is 12.3 Å². The lowest BCUT2D eigenvalue weighted by molar-refractivity contribution is 0.0998. The Morgan fingerprint density at radius 3 is 2.71 bits per heavy atom. The van der Waals surface area contributed by atoms with E-state index in [1.165, 1.54) is 23.5 Å². The largest absolute Gasteiger partial charge is 0.507 e. The number of nitrogens with two attached hydrogens (primary N) is 1. The smallest absolute Gasteiger partial charge is 0.252 e. The molecule has 0 aliphatic heterocycles. The van der Waals surface area contributed by atoms with Gasteiger partial charge >= 0.3 is 0 Å². The minimum absolute atomic E-state index is 0.0419. The third-order valence-electron chi connectivity index (χ3n) is 3.90. The number of carbonyl (C=O) groups is 1. The lowest BCUT2D eigenvalue weighted by Crippen LogP contribution is -2.13. The van der Waals surface area contributed by atoms with Gasteiger partial charge in [0.15, 0.2) is 0 Å². The Hall–Kier alpha value is -3.70. The zero-order chi connectivity index (χ0) is 20.1. The summed E-state index contributed by atoms with van der Waals surface area (Å²) in [5, 5.41) is 25.1. The molecule has 2 aromatic carbocycles. The fraction of sp³-hybridized carbons (Fsp3) is 0.100. The number of hydrogen-bond acceptors (Lipinski definition) is 6. The Bertz CT molecular complexity index is 1150. The highest BCUT2D eigenvalue weighted by atomic mass is 32.1. The molecule has 1 amide bonds. The van der Waals surface area contributed by atoms with Gasteiger partial charge in [0, 0.05) is 17.5 Å². The van der Waals surface area contributed by atoms with Crippen molar-refractivity contribution < 1.29 is 9.90 Å². The van der Waals surface area contributed by atoms with Crippen molar-refractivity contribution in [1.29, 1.82) is 5.26 Å². The lowest BCUT2D eigenvalue weighted by Gasteiger charge is -2.06. The third-order valence-corrected chi connectivity index (χ3v) is 4.75. The predicted molar refractivity (Wildman–Crippen MR) is 108 cm³/mol. The quantitative estimate of drug-likeness (QED) is 0.651. The highest BCUT2D eigenvalue weighted by Gasteiger charge is 2.13. The molecule has 0 aliphatic carbocycles. The molecule has 0 spiro atoms. The predicted octanol–water partition coefficient (Wildman–Crippen LogP) is 2.70. The van der Waals surface area contributed by atoms with Gasteiger partial charge in [-0.25, -0.2) is 4.68 Å². The van der Waals surface area contributed by atoms with Crippen LogP contribution in [0, 0.1) is 11.3 Å². The normalized spacial score (nSPS) is 11.6. The Kier molecular flexibility index (Phi) is 5.67. The lowest BCUT2D eigenvalue weighted by atomic mass is 10.1. The van der Waals surface area contributed by atoms with Crippen LogP contribution in [0.15, 0.2) is 57.9 Å². The summed E-state index contributed by atoms with van der Waals surface area (Å²) in [7, 11) is 0. The van der Waals surface area contributed by atoms with E-state index in [1.54, 1.807) is 41.2 Å². The first-order valence-corrected chi connectivity index (χ1v) is 9.30. The molecule has 3 rings (SSSR count). The molecule has 0 radical (unpaired) electrons. The van der Waals surface area contributed by atoms with Crippen LogP contribution in [0.4, 0.5) is 0 Å². The molecule has 0 fully saturated rings. The van der Waals surface area contributed by atoms with Gasteiger partial charge in [-0.1, -0.05) is 12.1 Å². The number of aromatic nitrogens is 1. The van der Waals surface area contributed by atoms with Crippen molar-refractivity contribution in [2.75, 3.05) is 6.54 Å². The number of amides is 1. The monoisotopic (exact) mass is 391 g/mol. The maximum atomic E-state index is 11.5.